The Bertz CT molecular complexity index is 816. The van der Waals surface area contributed by atoms with Gasteiger partial charge in [-0.2, -0.15) is 18.3 Å². The van der Waals surface area contributed by atoms with E-state index >= 15 is 0 Å². The van der Waals surface area contributed by atoms with Gasteiger partial charge < -0.3 is 5.11 Å². The number of alkyl halides is 3. The van der Waals surface area contributed by atoms with Gasteiger partial charge in [-0.15, -0.1) is 0 Å². The summed E-state index contributed by atoms with van der Waals surface area (Å²) in [6.07, 6.45) is -6.79. The van der Waals surface area contributed by atoms with Crippen LogP contribution < -0.4 is 5.56 Å². The summed E-state index contributed by atoms with van der Waals surface area (Å²) in [5.41, 5.74) is -4.94. The van der Waals surface area contributed by atoms with Crippen LogP contribution >= 0.6 is 0 Å². The summed E-state index contributed by atoms with van der Waals surface area (Å²) in [7, 11) is 0. The summed E-state index contributed by atoms with van der Waals surface area (Å²) in [6.45, 7) is 0. The molecule has 0 aliphatic rings. The first-order valence-electron chi connectivity index (χ1n) is 6.23. The molecule has 11 heteroatoms. The molecule has 1 heterocycles. The maximum Gasteiger partial charge on any atom is 0.422 e. The van der Waals surface area contributed by atoms with Gasteiger partial charge >= 0.3 is 11.7 Å². The Kier molecular flexibility index (Phi) is 4.54. The molecule has 0 atom stereocenters. The fourth-order valence-corrected chi connectivity index (χ4v) is 1.96. The number of halogens is 7. The topological polar surface area (TPSA) is 66.0 Å². The lowest BCUT2D eigenvalue weighted by Crippen LogP contribution is -2.17. The molecule has 2 rings (SSSR count). The first-order valence-corrected chi connectivity index (χ1v) is 6.23. The van der Waals surface area contributed by atoms with E-state index in [2.05, 4.69) is 5.10 Å². The first kappa shape index (κ1) is 17.8. The van der Waals surface area contributed by atoms with Crippen molar-refractivity contribution in [2.45, 2.75) is 19.0 Å². The summed E-state index contributed by atoms with van der Waals surface area (Å²) in [4.78, 5) is 10.9. The van der Waals surface area contributed by atoms with E-state index in [0.717, 1.165) is 6.07 Å². The molecule has 0 saturated heterocycles. The second kappa shape index (κ2) is 6.13. The van der Waals surface area contributed by atoms with E-state index in [1.807, 2.05) is 5.10 Å². The Morgan fingerprint density at radius 1 is 1.00 bits per heavy atom. The molecular weight excluding hydrogens is 349 g/mol. The van der Waals surface area contributed by atoms with Gasteiger partial charge in [0.25, 0.3) is 0 Å². The van der Waals surface area contributed by atoms with Gasteiger partial charge in [0.15, 0.2) is 29.0 Å². The van der Waals surface area contributed by atoms with E-state index in [0.29, 0.717) is 0 Å². The Morgan fingerprint density at radius 3 is 2.00 bits per heavy atom. The quantitative estimate of drug-likeness (QED) is 0.657. The Labute approximate surface area is 128 Å². The Hall–Kier alpha value is -2.59. The fourth-order valence-electron chi connectivity index (χ4n) is 1.96. The predicted molar refractivity (Wildman–Crippen MR) is 65.2 cm³/mol. The van der Waals surface area contributed by atoms with Gasteiger partial charge in [-0.25, -0.2) is 22.7 Å². The normalized spacial score (nSPS) is 11.8. The second-order valence-electron chi connectivity index (χ2n) is 4.68. The second-order valence-corrected chi connectivity index (χ2v) is 4.68. The van der Waals surface area contributed by atoms with Gasteiger partial charge in [-0.1, -0.05) is 0 Å². The number of aromatic hydroxyl groups is 1. The molecule has 1 aromatic carbocycles. The minimum absolute atomic E-state index is 0.105. The minimum Gasteiger partial charge on any atom is -0.503 e. The number of benzene rings is 1. The standard InChI is InChI=1S/C13H7F7N2O2/c14-8-5(2-1-4-3-6(23)12(24)22-21-4)9(15)11(17)7(10(8)16)13(18,19)20/h3H,1-2H2,(H,21,23)(H,22,24). The average Bonchev–Trinajstić information content (AvgIpc) is 2.47. The Balaban J connectivity index is 2.41. The molecule has 0 aliphatic carbocycles. The van der Waals surface area contributed by atoms with Gasteiger partial charge in [-0.05, 0) is 12.8 Å². The summed E-state index contributed by atoms with van der Waals surface area (Å²) < 4.78 is 91.6. The number of nitrogens with one attached hydrogen (secondary N) is 1. The van der Waals surface area contributed by atoms with Crippen molar-refractivity contribution in [1.82, 2.24) is 10.2 Å². The molecule has 0 saturated carbocycles. The van der Waals surface area contributed by atoms with Crippen molar-refractivity contribution in [3.8, 4) is 5.75 Å². The first-order chi connectivity index (χ1) is 11.0. The molecule has 4 nitrogen and oxygen atoms in total. The molecule has 24 heavy (non-hydrogen) atoms. The van der Waals surface area contributed by atoms with E-state index in [-0.39, 0.29) is 5.69 Å². The molecule has 130 valence electrons. The third-order valence-electron chi connectivity index (χ3n) is 3.11. The van der Waals surface area contributed by atoms with Crippen LogP contribution in [0.25, 0.3) is 0 Å². The van der Waals surface area contributed by atoms with Crippen LogP contribution in [0.2, 0.25) is 0 Å². The van der Waals surface area contributed by atoms with E-state index in [1.54, 1.807) is 0 Å². The van der Waals surface area contributed by atoms with Crippen molar-refractivity contribution in [3.05, 3.63) is 56.5 Å². The highest BCUT2D eigenvalue weighted by Crippen LogP contribution is 2.37. The fraction of sp³-hybridized carbons (Fsp3) is 0.231. The average molecular weight is 356 g/mol. The maximum absolute atomic E-state index is 13.7. The third kappa shape index (κ3) is 3.19. The number of hydrogen-bond donors (Lipinski definition) is 2. The van der Waals surface area contributed by atoms with Gasteiger partial charge in [-0.3, -0.25) is 4.79 Å². The van der Waals surface area contributed by atoms with Crippen LogP contribution in [0.4, 0.5) is 30.7 Å². The van der Waals surface area contributed by atoms with Crippen LogP contribution in [-0.2, 0) is 19.0 Å². The van der Waals surface area contributed by atoms with E-state index in [9.17, 15) is 35.5 Å². The molecule has 0 amide bonds. The van der Waals surface area contributed by atoms with Crippen LogP contribution in [0.1, 0.15) is 16.8 Å². The highest BCUT2D eigenvalue weighted by Gasteiger charge is 2.42. The molecule has 0 radical (unpaired) electrons. The number of rotatable bonds is 3. The molecule has 2 aromatic rings. The largest absolute Gasteiger partial charge is 0.503 e. The molecular formula is C13H7F7N2O2. The van der Waals surface area contributed by atoms with Crippen LogP contribution in [0.5, 0.6) is 5.75 Å². The molecule has 0 fully saturated rings. The number of aryl methyl sites for hydroxylation is 1. The van der Waals surface area contributed by atoms with Crippen molar-refractivity contribution in [2.24, 2.45) is 0 Å². The van der Waals surface area contributed by atoms with Crippen molar-refractivity contribution in [2.75, 3.05) is 0 Å². The van der Waals surface area contributed by atoms with E-state index in [1.165, 1.54) is 0 Å². The number of nitrogens with zero attached hydrogens (tertiary/aromatic N) is 1. The van der Waals surface area contributed by atoms with Crippen LogP contribution in [0, 0.1) is 23.3 Å². The third-order valence-corrected chi connectivity index (χ3v) is 3.11. The molecule has 1 aromatic heterocycles. The van der Waals surface area contributed by atoms with Gasteiger partial charge in [0.05, 0.1) is 5.69 Å². The lowest BCUT2D eigenvalue weighted by atomic mass is 10.0. The summed E-state index contributed by atoms with van der Waals surface area (Å²) in [6, 6.07) is 0.839. The van der Waals surface area contributed by atoms with Gasteiger partial charge in [0.1, 0.15) is 5.56 Å². The minimum atomic E-state index is -5.61. The highest BCUT2D eigenvalue weighted by atomic mass is 19.4. The molecule has 0 spiro atoms. The van der Waals surface area contributed by atoms with Crippen molar-refractivity contribution in [3.63, 3.8) is 0 Å². The molecule has 0 unspecified atom stereocenters. The molecule has 0 bridgehead atoms. The zero-order valence-corrected chi connectivity index (χ0v) is 11.4. The molecule has 0 aliphatic heterocycles. The van der Waals surface area contributed by atoms with E-state index in [4.69, 9.17) is 5.11 Å². The Morgan fingerprint density at radius 2 is 1.54 bits per heavy atom. The van der Waals surface area contributed by atoms with Gasteiger partial charge in [0, 0.05) is 11.6 Å². The number of aromatic amines is 1. The smallest absolute Gasteiger partial charge is 0.422 e. The van der Waals surface area contributed by atoms with Crippen LogP contribution in [-0.4, -0.2) is 15.3 Å². The summed E-state index contributed by atoms with van der Waals surface area (Å²) in [5.74, 6) is -10.2. The lowest BCUT2D eigenvalue weighted by molar-refractivity contribution is -0.143. The number of hydrogen-bond acceptors (Lipinski definition) is 3. The zero-order chi connectivity index (χ0) is 18.2. The van der Waals surface area contributed by atoms with Crippen LogP contribution in [0.3, 0.4) is 0 Å². The van der Waals surface area contributed by atoms with Crippen molar-refractivity contribution >= 4 is 0 Å². The summed E-state index contributed by atoms with van der Waals surface area (Å²) in [5, 5.41) is 14.4. The van der Waals surface area contributed by atoms with Crippen molar-refractivity contribution < 1.29 is 35.8 Å². The zero-order valence-electron chi connectivity index (χ0n) is 11.4. The highest BCUT2D eigenvalue weighted by molar-refractivity contribution is 5.32. The number of H-pyrrole nitrogens is 1. The van der Waals surface area contributed by atoms with E-state index < -0.39 is 64.7 Å². The van der Waals surface area contributed by atoms with Crippen molar-refractivity contribution in [1.29, 1.82) is 0 Å². The SMILES string of the molecule is O=c1[nH]nc(CCc2c(F)c(F)c(C(F)(F)F)c(F)c2F)cc1O. The lowest BCUT2D eigenvalue weighted by Gasteiger charge is -2.14. The molecule has 2 N–H and O–H groups in total. The maximum atomic E-state index is 13.7. The summed E-state index contributed by atoms with van der Waals surface area (Å²) >= 11 is 0. The predicted octanol–water partition coefficient (Wildman–Crippen LogP) is 2.84. The van der Waals surface area contributed by atoms with Crippen LogP contribution in [0.15, 0.2) is 10.9 Å². The number of aromatic nitrogens is 2. The van der Waals surface area contributed by atoms with Gasteiger partial charge in [0.2, 0.25) is 0 Å². The monoisotopic (exact) mass is 356 g/mol.